The topological polar surface area (TPSA) is 92.8 Å². The molecule has 2 aromatic heterocycles. The van der Waals surface area contributed by atoms with Crippen molar-refractivity contribution in [3.8, 4) is 11.5 Å². The molecule has 24 heavy (non-hydrogen) atoms. The van der Waals surface area contributed by atoms with E-state index in [0.29, 0.717) is 36.8 Å². The molecule has 3 heterocycles. The Labute approximate surface area is 140 Å². The molecule has 8 heteroatoms. The number of aliphatic hydroxyl groups is 1. The van der Waals surface area contributed by atoms with Crippen LogP contribution >= 0.6 is 0 Å². The number of furan rings is 1. The highest BCUT2D eigenvalue weighted by molar-refractivity contribution is 5.99. The van der Waals surface area contributed by atoms with Crippen LogP contribution in [0.1, 0.15) is 10.4 Å². The lowest BCUT2D eigenvalue weighted by molar-refractivity contribution is -0.0772. The fraction of sp³-hybridized carbons (Fsp3) is 0.500. The summed E-state index contributed by atoms with van der Waals surface area (Å²) in [5.41, 5.74) is 0.312. The summed E-state index contributed by atoms with van der Waals surface area (Å²) >= 11 is 0. The summed E-state index contributed by atoms with van der Waals surface area (Å²) in [6, 6.07) is 3.51. The fourth-order valence-corrected chi connectivity index (χ4v) is 2.81. The summed E-state index contributed by atoms with van der Waals surface area (Å²) in [6.07, 6.45) is 3.20. The van der Waals surface area contributed by atoms with Crippen molar-refractivity contribution in [1.82, 2.24) is 20.0 Å². The SMILES string of the molecule is CN1CCOCC1(CO)CNC(=O)c1cn(C)nc1-c1ccco1. The van der Waals surface area contributed by atoms with E-state index in [9.17, 15) is 9.90 Å². The minimum atomic E-state index is -0.610. The number of aliphatic hydroxyl groups excluding tert-OH is 1. The number of likely N-dealkylation sites (N-methyl/N-ethyl adjacent to an activating group) is 1. The van der Waals surface area contributed by atoms with Crippen LogP contribution < -0.4 is 5.32 Å². The van der Waals surface area contributed by atoms with Crippen LogP contribution in [0.2, 0.25) is 0 Å². The minimum absolute atomic E-state index is 0.0954. The number of nitrogens with one attached hydrogen (secondary N) is 1. The van der Waals surface area contributed by atoms with E-state index in [0.717, 1.165) is 0 Å². The summed E-state index contributed by atoms with van der Waals surface area (Å²) in [5, 5.41) is 17.0. The molecule has 1 amide bonds. The molecule has 0 spiro atoms. The Balaban J connectivity index is 1.76. The van der Waals surface area contributed by atoms with Crippen molar-refractivity contribution in [1.29, 1.82) is 0 Å². The summed E-state index contributed by atoms with van der Waals surface area (Å²) in [7, 11) is 3.67. The second-order valence-electron chi connectivity index (χ2n) is 6.08. The molecule has 1 saturated heterocycles. The first-order valence-corrected chi connectivity index (χ1v) is 7.81. The fourth-order valence-electron chi connectivity index (χ4n) is 2.81. The van der Waals surface area contributed by atoms with Crippen LogP contribution in [0.25, 0.3) is 11.5 Å². The number of aromatic nitrogens is 2. The van der Waals surface area contributed by atoms with Crippen molar-refractivity contribution in [3.63, 3.8) is 0 Å². The van der Waals surface area contributed by atoms with E-state index >= 15 is 0 Å². The van der Waals surface area contributed by atoms with Gasteiger partial charge in [-0.1, -0.05) is 0 Å². The molecule has 1 unspecified atom stereocenters. The van der Waals surface area contributed by atoms with Gasteiger partial charge in [0.15, 0.2) is 5.76 Å². The normalized spacial score (nSPS) is 21.8. The van der Waals surface area contributed by atoms with E-state index in [4.69, 9.17) is 9.15 Å². The quantitative estimate of drug-likeness (QED) is 0.806. The monoisotopic (exact) mass is 334 g/mol. The average molecular weight is 334 g/mol. The van der Waals surface area contributed by atoms with Crippen molar-refractivity contribution >= 4 is 5.91 Å². The molecule has 0 radical (unpaired) electrons. The molecule has 2 aromatic rings. The van der Waals surface area contributed by atoms with Crippen LogP contribution in [0.3, 0.4) is 0 Å². The van der Waals surface area contributed by atoms with Crippen LogP contribution in [0.4, 0.5) is 0 Å². The molecule has 0 bridgehead atoms. The van der Waals surface area contributed by atoms with E-state index in [1.54, 1.807) is 36.3 Å². The van der Waals surface area contributed by atoms with Gasteiger partial charge in [0.05, 0.1) is 37.2 Å². The van der Waals surface area contributed by atoms with Gasteiger partial charge in [-0.2, -0.15) is 5.10 Å². The van der Waals surface area contributed by atoms with Crippen LogP contribution in [-0.2, 0) is 11.8 Å². The zero-order valence-electron chi connectivity index (χ0n) is 13.9. The lowest BCUT2D eigenvalue weighted by atomic mass is 9.98. The molecule has 0 aromatic carbocycles. The minimum Gasteiger partial charge on any atom is -0.463 e. The number of hydrogen-bond acceptors (Lipinski definition) is 6. The van der Waals surface area contributed by atoms with Crippen molar-refractivity contribution in [2.24, 2.45) is 7.05 Å². The Kier molecular flexibility index (Phi) is 4.70. The predicted octanol–water partition coefficient (Wildman–Crippen LogP) is 0.103. The number of rotatable bonds is 5. The first-order valence-electron chi connectivity index (χ1n) is 7.81. The zero-order chi connectivity index (χ0) is 17.2. The molecule has 3 rings (SSSR count). The molecule has 1 aliphatic rings. The first-order chi connectivity index (χ1) is 11.6. The summed E-state index contributed by atoms with van der Waals surface area (Å²) in [4.78, 5) is 14.7. The third-order valence-corrected chi connectivity index (χ3v) is 4.45. The van der Waals surface area contributed by atoms with Crippen molar-refractivity contribution in [2.45, 2.75) is 5.54 Å². The van der Waals surface area contributed by atoms with Gasteiger partial charge in [0.1, 0.15) is 5.69 Å². The molecule has 1 fully saturated rings. The number of hydrogen-bond donors (Lipinski definition) is 2. The van der Waals surface area contributed by atoms with E-state index in [1.165, 1.54) is 0 Å². The molecule has 0 aliphatic carbocycles. The molecule has 130 valence electrons. The van der Waals surface area contributed by atoms with Gasteiger partial charge in [-0.3, -0.25) is 14.4 Å². The molecule has 1 atom stereocenters. The molecular formula is C16H22N4O4. The van der Waals surface area contributed by atoms with E-state index in [1.807, 2.05) is 11.9 Å². The Morgan fingerprint density at radius 1 is 1.50 bits per heavy atom. The van der Waals surface area contributed by atoms with Gasteiger partial charge in [0.25, 0.3) is 5.91 Å². The summed E-state index contributed by atoms with van der Waals surface area (Å²) in [5.74, 6) is 0.275. The van der Waals surface area contributed by atoms with Gasteiger partial charge in [0, 0.05) is 26.3 Å². The molecule has 0 saturated carbocycles. The smallest absolute Gasteiger partial charge is 0.255 e. The maximum Gasteiger partial charge on any atom is 0.255 e. The number of ether oxygens (including phenoxy) is 1. The Hall–Kier alpha value is -2.16. The number of carbonyl (C=O) groups is 1. The van der Waals surface area contributed by atoms with Gasteiger partial charge >= 0.3 is 0 Å². The number of morpholine rings is 1. The lowest BCUT2D eigenvalue weighted by Crippen LogP contribution is -2.62. The van der Waals surface area contributed by atoms with Crippen molar-refractivity contribution in [3.05, 3.63) is 30.2 Å². The Morgan fingerprint density at radius 3 is 3.00 bits per heavy atom. The number of amides is 1. The Morgan fingerprint density at radius 2 is 2.33 bits per heavy atom. The predicted molar refractivity (Wildman–Crippen MR) is 86.5 cm³/mol. The van der Waals surface area contributed by atoms with Crippen LogP contribution in [0.5, 0.6) is 0 Å². The standard InChI is InChI=1S/C16H22N4O4/c1-19-5-7-23-11-16(19,10-21)9-17-15(22)12-8-20(2)18-14(12)13-4-3-6-24-13/h3-4,6,8,21H,5,7,9-11H2,1-2H3,(H,17,22). The number of carbonyl (C=O) groups excluding carboxylic acids is 1. The van der Waals surface area contributed by atoms with Gasteiger partial charge in [-0.05, 0) is 19.2 Å². The van der Waals surface area contributed by atoms with E-state index < -0.39 is 5.54 Å². The molecule has 8 nitrogen and oxygen atoms in total. The van der Waals surface area contributed by atoms with Crippen molar-refractivity contribution in [2.75, 3.05) is 40.0 Å². The van der Waals surface area contributed by atoms with Gasteiger partial charge < -0.3 is 19.6 Å². The van der Waals surface area contributed by atoms with Gasteiger partial charge in [0.2, 0.25) is 0 Å². The highest BCUT2D eigenvalue weighted by Crippen LogP contribution is 2.23. The lowest BCUT2D eigenvalue weighted by Gasteiger charge is -2.43. The maximum atomic E-state index is 12.6. The molecular weight excluding hydrogens is 312 g/mol. The van der Waals surface area contributed by atoms with Gasteiger partial charge in [-0.15, -0.1) is 0 Å². The van der Waals surface area contributed by atoms with Crippen LogP contribution in [0.15, 0.2) is 29.0 Å². The van der Waals surface area contributed by atoms with Crippen LogP contribution in [-0.4, -0.2) is 71.2 Å². The van der Waals surface area contributed by atoms with E-state index in [2.05, 4.69) is 10.4 Å². The average Bonchev–Trinajstić information content (AvgIpc) is 3.23. The number of aryl methyl sites for hydroxylation is 1. The maximum absolute atomic E-state index is 12.6. The van der Waals surface area contributed by atoms with Crippen LogP contribution in [0, 0.1) is 0 Å². The highest BCUT2D eigenvalue weighted by atomic mass is 16.5. The summed E-state index contributed by atoms with van der Waals surface area (Å²) < 4.78 is 12.4. The second kappa shape index (κ2) is 6.76. The zero-order valence-corrected chi connectivity index (χ0v) is 13.9. The highest BCUT2D eigenvalue weighted by Gasteiger charge is 2.37. The largest absolute Gasteiger partial charge is 0.463 e. The van der Waals surface area contributed by atoms with Gasteiger partial charge in [-0.25, -0.2) is 0 Å². The second-order valence-corrected chi connectivity index (χ2v) is 6.08. The van der Waals surface area contributed by atoms with E-state index in [-0.39, 0.29) is 19.1 Å². The first kappa shape index (κ1) is 16.7. The van der Waals surface area contributed by atoms with Crippen molar-refractivity contribution < 1.29 is 19.1 Å². The number of nitrogens with zero attached hydrogens (tertiary/aromatic N) is 3. The molecule has 2 N–H and O–H groups in total. The Bertz CT molecular complexity index is 697. The molecule has 1 aliphatic heterocycles. The summed E-state index contributed by atoms with van der Waals surface area (Å²) in [6.45, 7) is 1.89. The third-order valence-electron chi connectivity index (χ3n) is 4.45. The third kappa shape index (κ3) is 3.08.